The summed E-state index contributed by atoms with van der Waals surface area (Å²) in [5.74, 6) is 0.873. The van der Waals surface area contributed by atoms with E-state index in [1.165, 1.54) is 5.56 Å². The molecule has 1 aromatic rings. The van der Waals surface area contributed by atoms with Crippen LogP contribution in [0.1, 0.15) is 25.0 Å². The first-order chi connectivity index (χ1) is 6.94. The fourth-order valence-electron chi connectivity index (χ4n) is 1.15. The molecule has 15 heavy (non-hydrogen) atoms. The molecule has 0 fully saturated rings. The second-order valence-corrected chi connectivity index (χ2v) is 4.55. The van der Waals surface area contributed by atoms with Gasteiger partial charge in [-0.3, -0.25) is 0 Å². The van der Waals surface area contributed by atoms with Crippen LogP contribution in [0.15, 0.2) is 18.2 Å². The molecule has 0 aliphatic carbocycles. The molecule has 0 bridgehead atoms. The van der Waals surface area contributed by atoms with Gasteiger partial charge in [-0.05, 0) is 44.9 Å². The minimum Gasteiger partial charge on any atom is -0.492 e. The highest BCUT2D eigenvalue weighted by atomic mass is 16.5. The van der Waals surface area contributed by atoms with Crippen LogP contribution < -0.4 is 4.74 Å². The molecule has 0 aromatic heterocycles. The maximum absolute atomic E-state index is 8.87. The largest absolute Gasteiger partial charge is 0.492 e. The first-order valence-corrected chi connectivity index (χ1v) is 5.06. The van der Waals surface area contributed by atoms with E-state index >= 15 is 0 Å². The molecule has 80 valence electrons. The maximum Gasteiger partial charge on any atom is 0.122 e. The van der Waals surface area contributed by atoms with Crippen molar-refractivity contribution in [2.45, 2.75) is 27.7 Å². The van der Waals surface area contributed by atoms with Crippen LogP contribution in [0.2, 0.25) is 0 Å². The van der Waals surface area contributed by atoms with Gasteiger partial charge in [0.1, 0.15) is 12.4 Å². The van der Waals surface area contributed by atoms with E-state index in [-0.39, 0.29) is 0 Å². The van der Waals surface area contributed by atoms with Crippen molar-refractivity contribution in [2.75, 3.05) is 6.61 Å². The Labute approximate surface area is 91.5 Å². The minimum absolute atomic E-state index is 0.424. The molecule has 0 aliphatic rings. The lowest BCUT2D eigenvalue weighted by atomic mass is 9.97. The highest BCUT2D eigenvalue weighted by Crippen LogP contribution is 2.22. The van der Waals surface area contributed by atoms with Gasteiger partial charge in [0.2, 0.25) is 0 Å². The molecule has 0 atom stereocenters. The topological polar surface area (TPSA) is 33.0 Å². The number of benzene rings is 1. The number of ether oxygens (including phenoxy) is 1. The lowest BCUT2D eigenvalue weighted by molar-refractivity contribution is 0.226. The van der Waals surface area contributed by atoms with Crippen molar-refractivity contribution in [3.05, 3.63) is 29.3 Å². The average molecular weight is 203 g/mol. The summed E-state index contributed by atoms with van der Waals surface area (Å²) in [4.78, 5) is 0. The van der Waals surface area contributed by atoms with Crippen LogP contribution in [0.25, 0.3) is 0 Å². The van der Waals surface area contributed by atoms with Crippen LogP contribution in [-0.4, -0.2) is 6.61 Å². The number of nitriles is 1. The fourth-order valence-corrected chi connectivity index (χ4v) is 1.15. The Hall–Kier alpha value is -1.49. The van der Waals surface area contributed by atoms with Crippen molar-refractivity contribution in [3.63, 3.8) is 0 Å². The summed E-state index contributed by atoms with van der Waals surface area (Å²) in [5, 5.41) is 8.87. The zero-order chi connectivity index (χ0) is 11.5. The van der Waals surface area contributed by atoms with Gasteiger partial charge in [0.15, 0.2) is 0 Å². The number of aryl methyl sites for hydroxylation is 2. The first kappa shape index (κ1) is 11.6. The zero-order valence-electron chi connectivity index (χ0n) is 9.79. The lowest BCUT2D eigenvalue weighted by Gasteiger charge is -2.17. The molecule has 0 heterocycles. The number of hydrogen-bond donors (Lipinski definition) is 0. The van der Waals surface area contributed by atoms with Crippen LogP contribution in [-0.2, 0) is 0 Å². The molecule has 0 amide bonds. The van der Waals surface area contributed by atoms with Crippen molar-refractivity contribution in [1.29, 1.82) is 5.26 Å². The standard InChI is InChI=1S/C13H17NO/c1-10-5-6-11(2)12(7-10)15-9-13(3,4)8-14/h5-7H,9H2,1-4H3. The number of nitrogens with zero attached hydrogens (tertiary/aromatic N) is 1. The van der Waals surface area contributed by atoms with Gasteiger partial charge in [-0.15, -0.1) is 0 Å². The molecule has 0 spiro atoms. The third kappa shape index (κ3) is 3.28. The van der Waals surface area contributed by atoms with Gasteiger partial charge in [-0.2, -0.15) is 5.26 Å². The van der Waals surface area contributed by atoms with Gasteiger partial charge in [0.05, 0.1) is 11.5 Å². The van der Waals surface area contributed by atoms with Crippen molar-refractivity contribution in [1.82, 2.24) is 0 Å². The fraction of sp³-hybridized carbons (Fsp3) is 0.462. The molecule has 2 nitrogen and oxygen atoms in total. The van der Waals surface area contributed by atoms with E-state index in [4.69, 9.17) is 10.00 Å². The average Bonchev–Trinajstić information content (AvgIpc) is 2.20. The van der Waals surface area contributed by atoms with E-state index in [0.717, 1.165) is 11.3 Å². The van der Waals surface area contributed by atoms with E-state index in [1.54, 1.807) is 0 Å². The van der Waals surface area contributed by atoms with Gasteiger partial charge < -0.3 is 4.74 Å². The lowest BCUT2D eigenvalue weighted by Crippen LogP contribution is -2.19. The van der Waals surface area contributed by atoms with E-state index in [1.807, 2.05) is 39.8 Å². The molecule has 0 aliphatic heterocycles. The quantitative estimate of drug-likeness (QED) is 0.755. The third-order valence-electron chi connectivity index (χ3n) is 2.23. The molecule has 0 N–H and O–H groups in total. The monoisotopic (exact) mass is 203 g/mol. The Kier molecular flexibility index (Phi) is 3.36. The molecule has 1 rings (SSSR count). The van der Waals surface area contributed by atoms with E-state index in [9.17, 15) is 0 Å². The van der Waals surface area contributed by atoms with E-state index < -0.39 is 5.41 Å². The van der Waals surface area contributed by atoms with Crippen LogP contribution in [0.5, 0.6) is 5.75 Å². The Balaban J connectivity index is 2.74. The van der Waals surface area contributed by atoms with Crippen LogP contribution in [0, 0.1) is 30.6 Å². The van der Waals surface area contributed by atoms with E-state index in [2.05, 4.69) is 12.1 Å². The summed E-state index contributed by atoms with van der Waals surface area (Å²) in [5.41, 5.74) is 1.84. The van der Waals surface area contributed by atoms with Crippen molar-refractivity contribution in [2.24, 2.45) is 5.41 Å². The maximum atomic E-state index is 8.87. The third-order valence-corrected chi connectivity index (χ3v) is 2.23. The number of rotatable bonds is 3. The second kappa shape index (κ2) is 4.35. The first-order valence-electron chi connectivity index (χ1n) is 5.06. The Morgan fingerprint density at radius 3 is 2.60 bits per heavy atom. The van der Waals surface area contributed by atoms with Gasteiger partial charge in [-0.25, -0.2) is 0 Å². The smallest absolute Gasteiger partial charge is 0.122 e. The summed E-state index contributed by atoms with van der Waals surface area (Å²) >= 11 is 0. The predicted molar refractivity (Wildman–Crippen MR) is 60.8 cm³/mol. The molecule has 0 radical (unpaired) electrons. The van der Waals surface area contributed by atoms with Gasteiger partial charge in [-0.1, -0.05) is 12.1 Å². The summed E-state index contributed by atoms with van der Waals surface area (Å²) in [7, 11) is 0. The van der Waals surface area contributed by atoms with Crippen molar-refractivity contribution >= 4 is 0 Å². The summed E-state index contributed by atoms with van der Waals surface area (Å²) in [6.07, 6.45) is 0. The van der Waals surface area contributed by atoms with Gasteiger partial charge in [0.25, 0.3) is 0 Å². The Morgan fingerprint density at radius 2 is 2.00 bits per heavy atom. The predicted octanol–water partition coefficient (Wildman–Crippen LogP) is 3.23. The molecule has 0 saturated carbocycles. The SMILES string of the molecule is Cc1ccc(C)c(OCC(C)(C)C#N)c1. The second-order valence-electron chi connectivity index (χ2n) is 4.55. The van der Waals surface area contributed by atoms with Crippen molar-refractivity contribution in [3.8, 4) is 11.8 Å². The molecular formula is C13H17NO. The molecule has 0 saturated heterocycles. The summed E-state index contributed by atoms with van der Waals surface area (Å²) < 4.78 is 5.65. The highest BCUT2D eigenvalue weighted by molar-refractivity contribution is 5.36. The van der Waals surface area contributed by atoms with Crippen LogP contribution in [0.3, 0.4) is 0 Å². The highest BCUT2D eigenvalue weighted by Gasteiger charge is 2.17. The molecular weight excluding hydrogens is 186 g/mol. The molecule has 0 unspecified atom stereocenters. The summed E-state index contributed by atoms with van der Waals surface area (Å²) in [6.45, 7) is 8.21. The van der Waals surface area contributed by atoms with Gasteiger partial charge >= 0.3 is 0 Å². The zero-order valence-corrected chi connectivity index (χ0v) is 9.79. The molecule has 1 aromatic carbocycles. The Bertz CT molecular complexity index is 388. The normalized spacial score (nSPS) is 10.9. The van der Waals surface area contributed by atoms with Crippen LogP contribution >= 0.6 is 0 Å². The van der Waals surface area contributed by atoms with Crippen LogP contribution in [0.4, 0.5) is 0 Å². The minimum atomic E-state index is -0.434. The van der Waals surface area contributed by atoms with Crippen molar-refractivity contribution < 1.29 is 4.74 Å². The van der Waals surface area contributed by atoms with Gasteiger partial charge in [0, 0.05) is 0 Å². The Morgan fingerprint density at radius 1 is 1.33 bits per heavy atom. The summed E-state index contributed by atoms with van der Waals surface area (Å²) in [6, 6.07) is 8.31. The molecule has 2 heteroatoms. The number of hydrogen-bond acceptors (Lipinski definition) is 2. The van der Waals surface area contributed by atoms with E-state index in [0.29, 0.717) is 6.61 Å².